The van der Waals surface area contributed by atoms with Crippen LogP contribution in [0.1, 0.15) is 9.75 Å². The van der Waals surface area contributed by atoms with Crippen LogP contribution in [-0.4, -0.2) is 37.0 Å². The van der Waals surface area contributed by atoms with E-state index in [0.29, 0.717) is 0 Å². The number of rotatable bonds is 6. The molecule has 0 unspecified atom stereocenters. The highest BCUT2D eigenvalue weighted by Crippen LogP contribution is 2.46. The molecule has 246 valence electrons. The molecule has 51 heavy (non-hydrogen) atoms. The Bertz CT molecular complexity index is 2770. The molecule has 0 bridgehead atoms. The van der Waals surface area contributed by atoms with E-state index in [1.54, 1.807) is 22.7 Å². The van der Waals surface area contributed by atoms with Gasteiger partial charge >= 0.3 is 0 Å². The Kier molecular flexibility index (Phi) is 7.24. The molecular formula is C36H20N6S8Si. The lowest BCUT2D eigenvalue weighted by Crippen LogP contribution is -2.18. The zero-order chi connectivity index (χ0) is 33.8. The summed E-state index contributed by atoms with van der Waals surface area (Å²) in [5.41, 5.74) is 7.61. The van der Waals surface area contributed by atoms with Gasteiger partial charge in [-0.2, -0.15) is 17.5 Å². The minimum absolute atomic E-state index is 0.628. The first kappa shape index (κ1) is 30.9. The van der Waals surface area contributed by atoms with Crippen LogP contribution in [0.3, 0.4) is 0 Å². The minimum atomic E-state index is -0.628. The van der Waals surface area contributed by atoms with E-state index in [4.69, 9.17) is 27.5 Å². The first-order valence-electron chi connectivity index (χ1n) is 15.9. The fourth-order valence-corrected chi connectivity index (χ4v) is 17.2. The summed E-state index contributed by atoms with van der Waals surface area (Å²) >= 11 is 13.4. The molecule has 0 N–H and O–H groups in total. The highest BCUT2D eigenvalue weighted by atomic mass is 32.1. The average Bonchev–Trinajstić information content (AvgIpc) is 3.95. The number of pyridine rings is 2. The lowest BCUT2D eigenvalue weighted by Gasteiger charge is -2.03. The topological polar surface area (TPSA) is 77.3 Å². The van der Waals surface area contributed by atoms with Gasteiger partial charge in [0.15, 0.2) is 0 Å². The summed E-state index contributed by atoms with van der Waals surface area (Å²) < 4.78 is 19.1. The van der Waals surface area contributed by atoms with Crippen molar-refractivity contribution in [3.05, 3.63) is 82.8 Å². The van der Waals surface area contributed by atoms with Crippen molar-refractivity contribution in [1.29, 1.82) is 0 Å². The number of aromatic nitrogens is 6. The van der Waals surface area contributed by atoms with E-state index in [1.165, 1.54) is 82.6 Å². The van der Waals surface area contributed by atoms with E-state index in [0.717, 1.165) is 54.3 Å². The SMILES string of the molecule is Cc1ccc(-c2ccc(-c3ncc(-c4cc5c(s4)-c4sc(-c6cnc(-c7ccc(-c8ccc(C)s8)s7)c7nsnc67)cc4[SiH2]5)c4nsnc34)s2)s1. The largest absolute Gasteiger partial charge is 0.252 e. The summed E-state index contributed by atoms with van der Waals surface area (Å²) in [4.78, 5) is 25.2. The van der Waals surface area contributed by atoms with Crippen molar-refractivity contribution in [2.24, 2.45) is 0 Å². The maximum Gasteiger partial charge on any atom is 0.132 e. The number of fused-ring (bicyclic) bond motifs is 5. The molecule has 1 aliphatic heterocycles. The first-order chi connectivity index (χ1) is 25.0. The van der Waals surface area contributed by atoms with Crippen LogP contribution in [0.5, 0.6) is 0 Å². The second-order valence-corrected chi connectivity index (χ2v) is 22.0. The highest BCUT2D eigenvalue weighted by molar-refractivity contribution is 7.29. The van der Waals surface area contributed by atoms with Gasteiger partial charge in [0.05, 0.1) is 42.7 Å². The number of aryl methyl sites for hydroxylation is 2. The molecule has 11 rings (SSSR count). The van der Waals surface area contributed by atoms with Crippen molar-refractivity contribution in [3.63, 3.8) is 0 Å². The van der Waals surface area contributed by atoms with E-state index in [-0.39, 0.29) is 0 Å². The molecule has 0 atom stereocenters. The Balaban J connectivity index is 0.917. The van der Waals surface area contributed by atoms with Crippen molar-refractivity contribution < 1.29 is 0 Å². The van der Waals surface area contributed by atoms with Crippen molar-refractivity contribution in [1.82, 2.24) is 27.5 Å². The molecule has 0 saturated heterocycles. The van der Waals surface area contributed by atoms with Gasteiger partial charge in [-0.3, -0.25) is 9.97 Å². The molecule has 15 heteroatoms. The lowest BCUT2D eigenvalue weighted by molar-refractivity contribution is 1.36. The predicted molar refractivity (Wildman–Crippen MR) is 227 cm³/mol. The summed E-state index contributed by atoms with van der Waals surface area (Å²) in [5.74, 6) is 0. The molecular weight excluding hydrogens is 801 g/mol. The van der Waals surface area contributed by atoms with E-state index in [2.05, 4.69) is 74.5 Å². The number of hydrogen-bond acceptors (Lipinski definition) is 14. The second-order valence-electron chi connectivity index (χ2n) is 12.2. The zero-order valence-electron chi connectivity index (χ0n) is 26.6. The third-order valence-corrected chi connectivity index (χ3v) is 19.6. The van der Waals surface area contributed by atoms with Gasteiger partial charge < -0.3 is 0 Å². The van der Waals surface area contributed by atoms with Crippen LogP contribution in [0.25, 0.3) is 93.4 Å². The van der Waals surface area contributed by atoms with Gasteiger partial charge in [-0.25, -0.2) is 0 Å². The van der Waals surface area contributed by atoms with Crippen molar-refractivity contribution >= 4 is 133 Å². The first-order valence-corrected chi connectivity index (χ1v) is 23.6. The molecule has 0 amide bonds. The molecule has 0 aliphatic carbocycles. The Morgan fingerprint density at radius 1 is 0.431 bits per heavy atom. The third kappa shape index (κ3) is 5.05. The van der Waals surface area contributed by atoms with E-state index >= 15 is 0 Å². The number of hydrogen-bond donors (Lipinski definition) is 0. The van der Waals surface area contributed by atoms with Crippen LogP contribution >= 0.6 is 91.5 Å². The Morgan fingerprint density at radius 3 is 1.29 bits per heavy atom. The normalized spacial score (nSPS) is 12.4. The smallest absolute Gasteiger partial charge is 0.132 e. The maximum absolute atomic E-state index is 5.00. The van der Waals surface area contributed by atoms with Gasteiger partial charge in [0.2, 0.25) is 0 Å². The molecule has 10 aromatic heterocycles. The van der Waals surface area contributed by atoms with Crippen LogP contribution in [0.2, 0.25) is 0 Å². The molecule has 10 aromatic rings. The summed E-state index contributed by atoms with van der Waals surface area (Å²) in [6, 6.07) is 22.3. The average molecular weight is 821 g/mol. The molecule has 1 aliphatic rings. The summed E-state index contributed by atoms with van der Waals surface area (Å²) in [6.07, 6.45) is 4.02. The summed E-state index contributed by atoms with van der Waals surface area (Å²) in [7, 11) is -0.628. The fraction of sp³-hybridized carbons (Fsp3) is 0.0556. The molecule has 0 aromatic carbocycles. The predicted octanol–water partition coefficient (Wildman–Crippen LogP) is 10.6. The van der Waals surface area contributed by atoms with E-state index < -0.39 is 9.52 Å². The summed E-state index contributed by atoms with van der Waals surface area (Å²) in [6.45, 7) is 4.30. The summed E-state index contributed by atoms with van der Waals surface area (Å²) in [5, 5.41) is 3.00. The Labute approximate surface area is 325 Å². The number of thiophene rings is 6. The van der Waals surface area contributed by atoms with Gasteiger partial charge in [-0.15, -0.1) is 68.0 Å². The standard InChI is InChI=1S/C36H20N6S8Si/c1-15-3-5-19(43-15)21-7-9-23(45-21)31-33-29(39-49-41-33)17(13-37-31)25-11-27-35(47-25)36-28(51-27)12-26(48-36)18-14-38-32(34-30(18)40-50-42-34)24-10-8-22(46-24)20-6-4-16(2)44-20/h3-14H,51H2,1-2H3. The second kappa shape index (κ2) is 11.9. The molecule has 0 radical (unpaired) electrons. The monoisotopic (exact) mass is 820 g/mol. The minimum Gasteiger partial charge on any atom is -0.252 e. The van der Waals surface area contributed by atoms with Crippen LogP contribution < -0.4 is 10.4 Å². The van der Waals surface area contributed by atoms with Crippen molar-refractivity contribution in [2.75, 3.05) is 0 Å². The van der Waals surface area contributed by atoms with E-state index in [9.17, 15) is 0 Å². The van der Waals surface area contributed by atoms with Gasteiger partial charge in [-0.1, -0.05) is 0 Å². The fourth-order valence-electron chi connectivity index (χ4n) is 6.57. The van der Waals surface area contributed by atoms with Crippen LogP contribution in [0.4, 0.5) is 0 Å². The van der Waals surface area contributed by atoms with Crippen LogP contribution in [0, 0.1) is 13.8 Å². The van der Waals surface area contributed by atoms with Crippen molar-refractivity contribution in [2.45, 2.75) is 13.8 Å². The Hall–Kier alpha value is -3.64. The zero-order valence-corrected chi connectivity index (χ0v) is 34.5. The quantitative estimate of drug-likeness (QED) is 0.156. The molecule has 6 nitrogen and oxygen atoms in total. The molecule has 0 saturated carbocycles. The van der Waals surface area contributed by atoms with Gasteiger partial charge in [0, 0.05) is 72.3 Å². The van der Waals surface area contributed by atoms with Gasteiger partial charge in [0.25, 0.3) is 0 Å². The van der Waals surface area contributed by atoms with Gasteiger partial charge in [0.1, 0.15) is 33.5 Å². The maximum atomic E-state index is 5.00. The lowest BCUT2D eigenvalue weighted by atomic mass is 10.1. The molecule has 0 fully saturated rings. The van der Waals surface area contributed by atoms with Gasteiger partial charge in [-0.05, 0) is 84.9 Å². The number of nitrogens with zero attached hydrogens (tertiary/aromatic N) is 6. The third-order valence-electron chi connectivity index (χ3n) is 8.96. The van der Waals surface area contributed by atoms with Crippen LogP contribution in [0.15, 0.2) is 73.1 Å². The Morgan fingerprint density at radius 2 is 0.843 bits per heavy atom. The molecule has 11 heterocycles. The van der Waals surface area contributed by atoms with Crippen LogP contribution in [-0.2, 0) is 0 Å². The van der Waals surface area contributed by atoms with Crippen molar-refractivity contribution in [3.8, 4) is 71.3 Å². The molecule has 0 spiro atoms. The van der Waals surface area contributed by atoms with E-state index in [1.807, 2.05) is 57.7 Å². The highest BCUT2D eigenvalue weighted by Gasteiger charge is 2.28.